The van der Waals surface area contributed by atoms with Crippen molar-refractivity contribution in [1.29, 1.82) is 5.26 Å². The fraction of sp³-hybridized carbons (Fsp3) is 0.222. The van der Waals surface area contributed by atoms with Gasteiger partial charge in [0, 0.05) is 5.33 Å². The summed E-state index contributed by atoms with van der Waals surface area (Å²) in [7, 11) is 0. The third-order valence-corrected chi connectivity index (χ3v) is 2.22. The van der Waals surface area contributed by atoms with Gasteiger partial charge in [-0.05, 0) is 18.1 Å². The number of halogens is 1. The molecule has 2 heteroatoms. The predicted molar refractivity (Wildman–Crippen MR) is 48.5 cm³/mol. The maximum Gasteiger partial charge on any atom is 0.0997 e. The molecule has 0 N–H and O–H groups in total. The van der Waals surface area contributed by atoms with E-state index in [-0.39, 0.29) is 0 Å². The lowest BCUT2D eigenvalue weighted by Gasteiger charge is -2.00. The van der Waals surface area contributed by atoms with Gasteiger partial charge < -0.3 is 0 Å². The van der Waals surface area contributed by atoms with Gasteiger partial charge in [-0.25, -0.2) is 0 Å². The Morgan fingerprint density at radius 1 is 1.55 bits per heavy atom. The molecular weight excluding hydrogens is 202 g/mol. The van der Waals surface area contributed by atoms with Crippen LogP contribution in [0, 0.1) is 18.3 Å². The second kappa shape index (κ2) is 3.54. The van der Waals surface area contributed by atoms with E-state index in [1.807, 2.05) is 25.1 Å². The Labute approximate surface area is 74.8 Å². The topological polar surface area (TPSA) is 23.8 Å². The van der Waals surface area contributed by atoms with Crippen molar-refractivity contribution in [3.63, 3.8) is 0 Å². The number of hydrogen-bond donors (Lipinski definition) is 0. The summed E-state index contributed by atoms with van der Waals surface area (Å²) >= 11 is 3.33. The van der Waals surface area contributed by atoms with Gasteiger partial charge in [0.1, 0.15) is 0 Å². The molecule has 0 radical (unpaired) electrons. The lowest BCUT2D eigenvalue weighted by Crippen LogP contribution is -1.88. The van der Waals surface area contributed by atoms with Crippen LogP contribution in [-0.4, -0.2) is 0 Å². The quantitative estimate of drug-likeness (QED) is 0.653. The fourth-order valence-electron chi connectivity index (χ4n) is 1.000. The molecule has 0 amide bonds. The number of hydrogen-bond acceptors (Lipinski definition) is 1. The highest BCUT2D eigenvalue weighted by Crippen LogP contribution is 2.15. The largest absolute Gasteiger partial charge is 0.192 e. The van der Waals surface area contributed by atoms with Crippen molar-refractivity contribution in [2.45, 2.75) is 12.3 Å². The summed E-state index contributed by atoms with van der Waals surface area (Å²) in [5.74, 6) is 0. The number of rotatable bonds is 1. The normalized spacial score (nSPS) is 9.18. The Morgan fingerprint density at radius 3 is 2.73 bits per heavy atom. The van der Waals surface area contributed by atoms with Crippen molar-refractivity contribution in [2.75, 3.05) is 0 Å². The highest BCUT2D eigenvalue weighted by molar-refractivity contribution is 9.08. The summed E-state index contributed by atoms with van der Waals surface area (Å²) in [5.41, 5.74) is 2.90. The molecule has 0 unspecified atom stereocenters. The minimum absolute atomic E-state index is 0.748. The smallest absolute Gasteiger partial charge is 0.0997 e. The van der Waals surface area contributed by atoms with Crippen LogP contribution in [-0.2, 0) is 5.33 Å². The maximum absolute atomic E-state index is 8.76. The monoisotopic (exact) mass is 209 g/mol. The molecule has 0 aromatic heterocycles. The number of aryl methyl sites for hydroxylation is 1. The first-order chi connectivity index (χ1) is 5.29. The van der Waals surface area contributed by atoms with Gasteiger partial charge in [0.05, 0.1) is 11.6 Å². The van der Waals surface area contributed by atoms with Gasteiger partial charge in [-0.2, -0.15) is 5.26 Å². The number of nitrogens with zero attached hydrogens (tertiary/aromatic N) is 1. The third kappa shape index (κ3) is 1.61. The lowest BCUT2D eigenvalue weighted by atomic mass is 10.0. The van der Waals surface area contributed by atoms with E-state index in [1.54, 1.807) is 0 Å². The summed E-state index contributed by atoms with van der Waals surface area (Å²) in [6, 6.07) is 8.06. The molecular formula is C9H8BrN. The Kier molecular flexibility index (Phi) is 2.67. The maximum atomic E-state index is 8.76. The molecule has 1 aromatic rings. The Balaban J connectivity index is 3.27. The van der Waals surface area contributed by atoms with Crippen LogP contribution in [0.3, 0.4) is 0 Å². The Morgan fingerprint density at radius 2 is 2.27 bits per heavy atom. The van der Waals surface area contributed by atoms with E-state index < -0.39 is 0 Å². The zero-order chi connectivity index (χ0) is 8.27. The summed E-state index contributed by atoms with van der Waals surface area (Å²) in [4.78, 5) is 0. The predicted octanol–water partition coefficient (Wildman–Crippen LogP) is 2.76. The van der Waals surface area contributed by atoms with Crippen LogP contribution in [0.15, 0.2) is 18.2 Å². The van der Waals surface area contributed by atoms with Gasteiger partial charge in [-0.1, -0.05) is 34.1 Å². The highest BCUT2D eigenvalue weighted by atomic mass is 79.9. The fourth-order valence-corrected chi connectivity index (χ4v) is 1.47. The summed E-state index contributed by atoms with van der Waals surface area (Å²) < 4.78 is 0. The molecule has 0 spiro atoms. The van der Waals surface area contributed by atoms with E-state index in [4.69, 9.17) is 5.26 Å². The van der Waals surface area contributed by atoms with Crippen LogP contribution < -0.4 is 0 Å². The Hall–Kier alpha value is -0.810. The molecule has 11 heavy (non-hydrogen) atoms. The molecule has 56 valence electrons. The van der Waals surface area contributed by atoms with Gasteiger partial charge >= 0.3 is 0 Å². The standard InChI is InChI=1S/C9H8BrN/c1-7-3-2-4-8(5-10)9(7)6-11/h2-4H,5H2,1H3. The zero-order valence-electron chi connectivity index (χ0n) is 6.26. The van der Waals surface area contributed by atoms with Gasteiger partial charge in [0.2, 0.25) is 0 Å². The third-order valence-electron chi connectivity index (χ3n) is 1.61. The van der Waals surface area contributed by atoms with Crippen LogP contribution in [0.1, 0.15) is 16.7 Å². The Bertz CT molecular complexity index is 299. The van der Waals surface area contributed by atoms with Gasteiger partial charge in [-0.3, -0.25) is 0 Å². The summed E-state index contributed by atoms with van der Waals surface area (Å²) in [5, 5.41) is 9.51. The molecule has 1 aromatic carbocycles. The van der Waals surface area contributed by atoms with Crippen LogP contribution in [0.2, 0.25) is 0 Å². The van der Waals surface area contributed by atoms with Crippen molar-refractivity contribution in [3.8, 4) is 6.07 Å². The number of alkyl halides is 1. The lowest BCUT2D eigenvalue weighted by molar-refractivity contribution is 1.31. The van der Waals surface area contributed by atoms with Crippen molar-refractivity contribution in [3.05, 3.63) is 34.9 Å². The first-order valence-corrected chi connectivity index (χ1v) is 4.46. The SMILES string of the molecule is Cc1cccc(CBr)c1C#N. The van der Waals surface area contributed by atoms with E-state index in [0.717, 1.165) is 22.0 Å². The van der Waals surface area contributed by atoms with Gasteiger partial charge in [0.15, 0.2) is 0 Å². The molecule has 0 atom stereocenters. The van der Waals surface area contributed by atoms with Crippen LogP contribution in [0.25, 0.3) is 0 Å². The second-order valence-corrected chi connectivity index (χ2v) is 2.92. The van der Waals surface area contributed by atoms with E-state index in [1.165, 1.54) is 0 Å². The van der Waals surface area contributed by atoms with E-state index >= 15 is 0 Å². The minimum atomic E-state index is 0.748. The van der Waals surface area contributed by atoms with Gasteiger partial charge in [-0.15, -0.1) is 0 Å². The molecule has 0 fully saturated rings. The van der Waals surface area contributed by atoms with Crippen LogP contribution >= 0.6 is 15.9 Å². The summed E-state index contributed by atoms with van der Waals surface area (Å²) in [6.07, 6.45) is 0. The average molecular weight is 210 g/mol. The number of benzene rings is 1. The zero-order valence-corrected chi connectivity index (χ0v) is 7.85. The second-order valence-electron chi connectivity index (χ2n) is 2.35. The molecule has 0 aliphatic heterocycles. The van der Waals surface area contributed by atoms with Crippen molar-refractivity contribution < 1.29 is 0 Å². The van der Waals surface area contributed by atoms with Crippen LogP contribution in [0.4, 0.5) is 0 Å². The average Bonchev–Trinajstić information content (AvgIpc) is 2.04. The highest BCUT2D eigenvalue weighted by Gasteiger charge is 2.01. The van der Waals surface area contributed by atoms with Crippen molar-refractivity contribution >= 4 is 15.9 Å². The first-order valence-electron chi connectivity index (χ1n) is 3.34. The van der Waals surface area contributed by atoms with Crippen molar-refractivity contribution in [2.24, 2.45) is 0 Å². The van der Waals surface area contributed by atoms with Gasteiger partial charge in [0.25, 0.3) is 0 Å². The van der Waals surface area contributed by atoms with E-state index in [0.29, 0.717) is 0 Å². The molecule has 0 saturated heterocycles. The molecule has 0 aliphatic carbocycles. The van der Waals surface area contributed by atoms with Crippen molar-refractivity contribution in [1.82, 2.24) is 0 Å². The molecule has 1 nitrogen and oxygen atoms in total. The first kappa shape index (κ1) is 8.29. The number of nitriles is 1. The molecule has 0 bridgehead atoms. The molecule has 1 rings (SSSR count). The molecule has 0 heterocycles. The molecule has 0 saturated carbocycles. The van der Waals surface area contributed by atoms with Crippen LogP contribution in [0.5, 0.6) is 0 Å². The molecule has 0 aliphatic rings. The minimum Gasteiger partial charge on any atom is -0.192 e. The van der Waals surface area contributed by atoms with E-state index in [9.17, 15) is 0 Å². The summed E-state index contributed by atoms with van der Waals surface area (Å²) in [6.45, 7) is 1.95. The van der Waals surface area contributed by atoms with E-state index in [2.05, 4.69) is 22.0 Å².